The Morgan fingerprint density at radius 2 is 1.95 bits per heavy atom. The van der Waals surface area contributed by atoms with Crippen molar-refractivity contribution in [1.82, 2.24) is 14.9 Å². The summed E-state index contributed by atoms with van der Waals surface area (Å²) in [6.07, 6.45) is 12.3. The van der Waals surface area contributed by atoms with Gasteiger partial charge in [0.15, 0.2) is 5.13 Å². The number of esters is 1. The first kappa shape index (κ1) is 25.8. The molecule has 37 heavy (non-hydrogen) atoms. The molecule has 1 N–H and O–H groups in total. The van der Waals surface area contributed by atoms with Gasteiger partial charge in [0.25, 0.3) is 0 Å². The van der Waals surface area contributed by atoms with E-state index in [0.29, 0.717) is 18.3 Å². The number of allylic oxidation sites excluding steroid dienone is 2. The van der Waals surface area contributed by atoms with Crippen molar-refractivity contribution >= 4 is 28.0 Å². The lowest BCUT2D eigenvalue weighted by atomic mass is 9.48. The normalized spacial score (nSPS) is 37.7. The summed E-state index contributed by atoms with van der Waals surface area (Å²) in [6.45, 7) is 14.8. The molecule has 1 saturated heterocycles. The van der Waals surface area contributed by atoms with Crippen LogP contribution in [0.5, 0.6) is 0 Å². The van der Waals surface area contributed by atoms with E-state index in [4.69, 9.17) is 9.72 Å². The first-order valence-corrected chi connectivity index (χ1v) is 15.8. The molecule has 7 heteroatoms. The number of thiazole rings is 1. The van der Waals surface area contributed by atoms with Crippen LogP contribution in [0.25, 0.3) is 5.57 Å². The fraction of sp³-hybridized carbons (Fsp3) is 0.800. The number of nitrogens with zero attached hydrogens (tertiary/aromatic N) is 3. The van der Waals surface area contributed by atoms with Gasteiger partial charge < -0.3 is 9.64 Å². The van der Waals surface area contributed by atoms with Gasteiger partial charge in [0.05, 0.1) is 10.6 Å². The number of nitrogens with one attached hydrogen (secondary N) is 1. The Morgan fingerprint density at radius 3 is 2.70 bits per heavy atom. The molecule has 0 bridgehead atoms. The Hall–Kier alpha value is -1.44. The summed E-state index contributed by atoms with van der Waals surface area (Å²) in [5, 5.41) is 3.43. The van der Waals surface area contributed by atoms with Crippen LogP contribution in [0.3, 0.4) is 0 Å². The monoisotopic (exact) mass is 526 g/mol. The number of aromatic nitrogens is 1. The third-order valence-corrected chi connectivity index (χ3v) is 12.0. The minimum atomic E-state index is 0.0101. The molecular formula is C30H46N4O2S. The molecular weight excluding hydrogens is 480 g/mol. The summed E-state index contributed by atoms with van der Waals surface area (Å²) >= 11 is 1.89. The topological polar surface area (TPSA) is 57.7 Å². The van der Waals surface area contributed by atoms with Gasteiger partial charge in [-0.1, -0.05) is 45.1 Å². The molecule has 0 unspecified atom stereocenters. The van der Waals surface area contributed by atoms with Gasteiger partial charge in [-0.25, -0.2) is 9.99 Å². The van der Waals surface area contributed by atoms with Crippen LogP contribution in [0.1, 0.15) is 89.6 Å². The quantitative estimate of drug-likeness (QED) is 0.459. The third-order valence-electron chi connectivity index (χ3n) is 11.0. The van der Waals surface area contributed by atoms with E-state index in [0.717, 1.165) is 63.0 Å². The number of anilines is 1. The number of piperazine rings is 1. The molecule has 2 heterocycles. The number of carbonyl (C=O) groups excluding carboxylic acids is 1. The van der Waals surface area contributed by atoms with Gasteiger partial charge in [0, 0.05) is 38.0 Å². The van der Waals surface area contributed by atoms with Crippen molar-refractivity contribution in [3.8, 4) is 0 Å². The van der Waals surface area contributed by atoms with E-state index in [1.165, 1.54) is 42.7 Å². The number of likely N-dealkylation sites (N-methyl/N-ethyl adjacent to an activating group) is 1. The Balaban J connectivity index is 1.19. The van der Waals surface area contributed by atoms with Crippen LogP contribution < -0.4 is 5.43 Å². The second-order valence-electron chi connectivity index (χ2n) is 12.8. The zero-order chi connectivity index (χ0) is 25.8. The average Bonchev–Trinajstić information content (AvgIpc) is 3.44. The molecule has 6 atom stereocenters. The zero-order valence-electron chi connectivity index (χ0n) is 23.4. The smallest absolute Gasteiger partial charge is 0.306 e. The first-order valence-electron chi connectivity index (χ1n) is 15.0. The highest BCUT2D eigenvalue weighted by molar-refractivity contribution is 7.16. The van der Waals surface area contributed by atoms with Crippen molar-refractivity contribution in [2.45, 2.75) is 91.6 Å². The molecule has 0 aromatic carbocycles. The molecule has 4 aliphatic carbocycles. The Morgan fingerprint density at radius 1 is 1.14 bits per heavy atom. The van der Waals surface area contributed by atoms with Crippen molar-refractivity contribution in [2.24, 2.45) is 28.6 Å². The maximum absolute atomic E-state index is 12.4. The zero-order valence-corrected chi connectivity index (χ0v) is 24.2. The van der Waals surface area contributed by atoms with E-state index in [1.54, 1.807) is 5.57 Å². The highest BCUT2D eigenvalue weighted by Crippen LogP contribution is 2.66. The van der Waals surface area contributed by atoms with Gasteiger partial charge >= 0.3 is 5.97 Å². The van der Waals surface area contributed by atoms with Crippen molar-refractivity contribution in [1.29, 1.82) is 0 Å². The number of carbonyl (C=O) groups is 1. The van der Waals surface area contributed by atoms with Crippen molar-refractivity contribution < 1.29 is 9.53 Å². The molecule has 0 radical (unpaired) electrons. The lowest BCUT2D eigenvalue weighted by molar-refractivity contribution is -0.159. The predicted octanol–water partition coefficient (Wildman–Crippen LogP) is 6.00. The molecule has 6 nitrogen and oxygen atoms in total. The summed E-state index contributed by atoms with van der Waals surface area (Å²) in [6, 6.07) is 0. The van der Waals surface area contributed by atoms with E-state index in [2.05, 4.69) is 49.1 Å². The summed E-state index contributed by atoms with van der Waals surface area (Å²) in [5.41, 5.74) is 6.94. The summed E-state index contributed by atoms with van der Waals surface area (Å²) in [7, 11) is 0. The number of hydrogen-bond donors (Lipinski definition) is 1. The van der Waals surface area contributed by atoms with Gasteiger partial charge in [-0.3, -0.25) is 10.2 Å². The van der Waals surface area contributed by atoms with Gasteiger partial charge in [0.2, 0.25) is 0 Å². The average molecular weight is 527 g/mol. The van der Waals surface area contributed by atoms with Crippen molar-refractivity contribution in [3.05, 3.63) is 16.6 Å². The van der Waals surface area contributed by atoms with Crippen LogP contribution in [0.15, 0.2) is 6.08 Å². The molecule has 6 rings (SSSR count). The molecule has 5 aliphatic rings. The Kier molecular flexibility index (Phi) is 6.94. The second kappa shape index (κ2) is 9.95. The van der Waals surface area contributed by atoms with Gasteiger partial charge in [-0.05, 0) is 86.7 Å². The predicted molar refractivity (Wildman–Crippen MR) is 150 cm³/mol. The van der Waals surface area contributed by atoms with Gasteiger partial charge in [-0.15, -0.1) is 0 Å². The van der Waals surface area contributed by atoms with E-state index < -0.39 is 0 Å². The van der Waals surface area contributed by atoms with Gasteiger partial charge in [0.1, 0.15) is 6.10 Å². The summed E-state index contributed by atoms with van der Waals surface area (Å²) in [4.78, 5) is 21.4. The number of hydrazine groups is 1. The maximum atomic E-state index is 12.4. The fourth-order valence-electron chi connectivity index (χ4n) is 8.80. The minimum absolute atomic E-state index is 0.0101. The van der Waals surface area contributed by atoms with Gasteiger partial charge in [-0.2, -0.15) is 0 Å². The minimum Gasteiger partial charge on any atom is -0.462 e. The van der Waals surface area contributed by atoms with Crippen LogP contribution in [-0.4, -0.2) is 59.7 Å². The van der Waals surface area contributed by atoms with Crippen LogP contribution >= 0.6 is 11.3 Å². The highest BCUT2D eigenvalue weighted by Gasteiger charge is 2.60. The maximum Gasteiger partial charge on any atom is 0.306 e. The Bertz CT molecular complexity index is 1050. The van der Waals surface area contributed by atoms with Crippen LogP contribution in [-0.2, 0) is 16.0 Å². The first-order chi connectivity index (χ1) is 17.9. The molecule has 1 aromatic heterocycles. The number of fused-ring (bicyclic) bond motifs is 7. The standard InChI is InChI=1S/C30H46N4O2S/c1-5-7-26(35)36-25-11-10-21-20-8-9-23-27-24(13-15-29(23,3)22(20)12-14-30(21,25)4)31-28(37-27)32-34-18-16-33(6-2)17-19-34/h9,20-22,25H,5-8,10-19H2,1-4H3,(H,31,32)/t20-,21-,22-,25-,29+,30-/m0/s1. The van der Waals surface area contributed by atoms with Crippen LogP contribution in [0.2, 0.25) is 0 Å². The van der Waals surface area contributed by atoms with E-state index in [-0.39, 0.29) is 22.9 Å². The van der Waals surface area contributed by atoms with E-state index in [1.807, 2.05) is 11.3 Å². The number of ether oxygens (including phenoxy) is 1. The molecule has 3 fully saturated rings. The molecule has 1 aliphatic heterocycles. The Labute approximate surface area is 227 Å². The number of hydrogen-bond acceptors (Lipinski definition) is 7. The van der Waals surface area contributed by atoms with E-state index in [9.17, 15) is 4.79 Å². The second-order valence-corrected chi connectivity index (χ2v) is 13.8. The largest absolute Gasteiger partial charge is 0.462 e. The van der Waals surface area contributed by atoms with E-state index >= 15 is 0 Å². The SMILES string of the molecule is CCCC(=O)O[C@H]1CC[C@H]2[C@@H]3CC=C4c5sc(NN6CCN(CC)CC6)nc5CC[C@]4(C)[C@H]3CC[C@]12C. The van der Waals surface area contributed by atoms with Crippen molar-refractivity contribution in [3.63, 3.8) is 0 Å². The molecule has 0 amide bonds. The molecule has 2 saturated carbocycles. The lowest BCUT2D eigenvalue weighted by Gasteiger charge is -2.56. The number of aryl methyl sites for hydroxylation is 1. The fourth-order valence-corrected chi connectivity index (χ4v) is 10.0. The van der Waals surface area contributed by atoms with Crippen LogP contribution in [0.4, 0.5) is 5.13 Å². The highest BCUT2D eigenvalue weighted by atomic mass is 32.1. The molecule has 204 valence electrons. The summed E-state index contributed by atoms with van der Waals surface area (Å²) < 4.78 is 6.09. The lowest BCUT2D eigenvalue weighted by Crippen LogP contribution is -2.50. The van der Waals surface area contributed by atoms with Crippen molar-refractivity contribution in [2.75, 3.05) is 38.1 Å². The third kappa shape index (κ3) is 4.37. The molecule has 0 spiro atoms. The number of rotatable bonds is 6. The molecule has 1 aromatic rings. The van der Waals surface area contributed by atoms with Crippen LogP contribution in [0, 0.1) is 28.6 Å². The summed E-state index contributed by atoms with van der Waals surface area (Å²) in [5.74, 6) is 2.12.